The molecule has 0 spiro atoms. The molecule has 2 aliphatic rings. The third-order valence-corrected chi connectivity index (χ3v) is 5.00. The highest BCUT2D eigenvalue weighted by Gasteiger charge is 2.49. The Bertz CT molecular complexity index is 771. The summed E-state index contributed by atoms with van der Waals surface area (Å²) in [5, 5.41) is 13.7. The maximum Gasteiger partial charge on any atom is 0.255 e. The van der Waals surface area contributed by atoms with Crippen LogP contribution < -0.4 is 14.8 Å². The number of ether oxygens (including phenoxy) is 2. The summed E-state index contributed by atoms with van der Waals surface area (Å²) in [6.07, 6.45) is 1.23. The van der Waals surface area contributed by atoms with Crippen LogP contribution in [0, 0.1) is 5.41 Å². The lowest BCUT2D eigenvalue weighted by molar-refractivity contribution is 0.0802. The SMILES string of the molecule is O=C(NCC1(C(O)c2ccccc2)CC1)c1cccc2c1OCCO2. The first-order valence-corrected chi connectivity index (χ1v) is 8.59. The minimum atomic E-state index is -0.571. The number of fused-ring (bicyclic) bond motifs is 1. The van der Waals surface area contributed by atoms with E-state index in [0.717, 1.165) is 18.4 Å². The molecule has 1 unspecified atom stereocenters. The quantitative estimate of drug-likeness (QED) is 0.879. The van der Waals surface area contributed by atoms with E-state index in [2.05, 4.69) is 5.32 Å². The monoisotopic (exact) mass is 339 g/mol. The van der Waals surface area contributed by atoms with Crippen LogP contribution in [0.5, 0.6) is 11.5 Å². The minimum Gasteiger partial charge on any atom is -0.486 e. The largest absolute Gasteiger partial charge is 0.486 e. The highest BCUT2D eigenvalue weighted by molar-refractivity contribution is 5.97. The molecule has 130 valence electrons. The van der Waals surface area contributed by atoms with Crippen molar-refractivity contribution in [1.29, 1.82) is 0 Å². The van der Waals surface area contributed by atoms with Crippen molar-refractivity contribution in [3.05, 3.63) is 59.7 Å². The van der Waals surface area contributed by atoms with Crippen LogP contribution in [0.25, 0.3) is 0 Å². The molecule has 5 heteroatoms. The maximum atomic E-state index is 12.6. The Hall–Kier alpha value is -2.53. The number of carbonyl (C=O) groups excluding carboxylic acids is 1. The molecule has 2 aromatic carbocycles. The van der Waals surface area contributed by atoms with E-state index >= 15 is 0 Å². The number of benzene rings is 2. The molecule has 2 aromatic rings. The zero-order valence-corrected chi connectivity index (χ0v) is 13.9. The van der Waals surface area contributed by atoms with Crippen LogP contribution in [-0.4, -0.2) is 30.8 Å². The number of carbonyl (C=O) groups is 1. The van der Waals surface area contributed by atoms with Gasteiger partial charge in [-0.15, -0.1) is 0 Å². The van der Waals surface area contributed by atoms with Crippen LogP contribution in [0.2, 0.25) is 0 Å². The minimum absolute atomic E-state index is 0.200. The molecular weight excluding hydrogens is 318 g/mol. The number of hydrogen-bond acceptors (Lipinski definition) is 4. The number of aliphatic hydroxyl groups is 1. The number of para-hydroxylation sites is 1. The van der Waals surface area contributed by atoms with Gasteiger partial charge in [0.05, 0.1) is 11.7 Å². The zero-order valence-electron chi connectivity index (χ0n) is 13.9. The first-order valence-electron chi connectivity index (χ1n) is 8.59. The number of rotatable bonds is 5. The van der Waals surface area contributed by atoms with Crippen LogP contribution in [0.4, 0.5) is 0 Å². The summed E-state index contributed by atoms with van der Waals surface area (Å²) in [4.78, 5) is 12.6. The molecule has 5 nitrogen and oxygen atoms in total. The Morgan fingerprint density at radius 1 is 1.08 bits per heavy atom. The van der Waals surface area contributed by atoms with Crippen molar-refractivity contribution >= 4 is 5.91 Å². The molecule has 1 aliphatic carbocycles. The summed E-state index contributed by atoms with van der Waals surface area (Å²) in [5.74, 6) is 0.901. The van der Waals surface area contributed by atoms with Crippen LogP contribution in [0.15, 0.2) is 48.5 Å². The maximum absolute atomic E-state index is 12.6. The van der Waals surface area contributed by atoms with Gasteiger partial charge in [-0.1, -0.05) is 36.4 Å². The average molecular weight is 339 g/mol. The number of hydrogen-bond donors (Lipinski definition) is 2. The second-order valence-electron chi connectivity index (χ2n) is 6.69. The summed E-state index contributed by atoms with van der Waals surface area (Å²) < 4.78 is 11.1. The standard InChI is InChI=1S/C20H21NO4/c22-18(14-5-2-1-3-6-14)20(9-10-20)13-21-19(23)15-7-4-8-16-17(15)25-12-11-24-16/h1-8,18,22H,9-13H2,(H,21,23). The summed E-state index contributed by atoms with van der Waals surface area (Å²) in [7, 11) is 0. The first-order chi connectivity index (χ1) is 12.2. The first kappa shape index (κ1) is 16.0. The van der Waals surface area contributed by atoms with E-state index in [0.29, 0.717) is 36.8 Å². The second-order valence-corrected chi connectivity index (χ2v) is 6.69. The normalized spacial score (nSPS) is 18.3. The predicted molar refractivity (Wildman–Crippen MR) is 92.8 cm³/mol. The molecular formula is C20H21NO4. The Morgan fingerprint density at radius 3 is 2.60 bits per heavy atom. The molecule has 0 bridgehead atoms. The van der Waals surface area contributed by atoms with E-state index in [1.54, 1.807) is 18.2 Å². The fraction of sp³-hybridized carbons (Fsp3) is 0.350. The Kier molecular flexibility index (Phi) is 4.09. The van der Waals surface area contributed by atoms with Gasteiger partial charge < -0.3 is 19.9 Å². The van der Waals surface area contributed by atoms with E-state index < -0.39 is 6.10 Å². The van der Waals surface area contributed by atoms with Crippen molar-refractivity contribution in [2.24, 2.45) is 5.41 Å². The smallest absolute Gasteiger partial charge is 0.255 e. The highest BCUT2D eigenvalue weighted by Crippen LogP contribution is 2.54. The average Bonchev–Trinajstić information content (AvgIpc) is 3.47. The lowest BCUT2D eigenvalue weighted by Crippen LogP contribution is -2.34. The molecule has 0 saturated heterocycles. The lowest BCUT2D eigenvalue weighted by atomic mass is 9.92. The molecule has 1 aliphatic heterocycles. The van der Waals surface area contributed by atoms with Gasteiger partial charge in [-0.05, 0) is 30.5 Å². The Labute approximate surface area is 146 Å². The van der Waals surface area contributed by atoms with Gasteiger partial charge in [0.25, 0.3) is 5.91 Å². The van der Waals surface area contributed by atoms with Gasteiger partial charge in [0.2, 0.25) is 0 Å². The molecule has 0 aromatic heterocycles. The zero-order chi connectivity index (χ0) is 17.3. The second kappa shape index (κ2) is 6.41. The van der Waals surface area contributed by atoms with Gasteiger partial charge >= 0.3 is 0 Å². The Morgan fingerprint density at radius 2 is 1.84 bits per heavy atom. The fourth-order valence-corrected chi connectivity index (χ4v) is 3.30. The van der Waals surface area contributed by atoms with Crippen LogP contribution in [-0.2, 0) is 0 Å². The van der Waals surface area contributed by atoms with E-state index in [4.69, 9.17) is 9.47 Å². The van der Waals surface area contributed by atoms with Crippen LogP contribution in [0.1, 0.15) is 34.9 Å². The number of aliphatic hydroxyl groups excluding tert-OH is 1. The lowest BCUT2D eigenvalue weighted by Gasteiger charge is -2.24. The summed E-state index contributed by atoms with van der Waals surface area (Å²) in [6, 6.07) is 14.9. The highest BCUT2D eigenvalue weighted by atomic mass is 16.6. The molecule has 1 fully saturated rings. The van der Waals surface area contributed by atoms with Gasteiger partial charge in [0.1, 0.15) is 13.2 Å². The molecule has 1 saturated carbocycles. The van der Waals surface area contributed by atoms with E-state index in [9.17, 15) is 9.90 Å². The molecule has 4 rings (SSSR count). The van der Waals surface area contributed by atoms with Gasteiger partial charge in [-0.3, -0.25) is 4.79 Å². The van der Waals surface area contributed by atoms with Crippen molar-refractivity contribution in [3.63, 3.8) is 0 Å². The third kappa shape index (κ3) is 3.07. The van der Waals surface area contributed by atoms with Gasteiger partial charge in [0, 0.05) is 12.0 Å². The molecule has 1 heterocycles. The fourth-order valence-electron chi connectivity index (χ4n) is 3.30. The van der Waals surface area contributed by atoms with Crippen molar-refractivity contribution in [2.75, 3.05) is 19.8 Å². The Balaban J connectivity index is 1.46. The molecule has 1 atom stereocenters. The van der Waals surface area contributed by atoms with Gasteiger partial charge in [0.15, 0.2) is 11.5 Å². The summed E-state index contributed by atoms with van der Waals surface area (Å²) in [6.45, 7) is 1.37. The van der Waals surface area contributed by atoms with Gasteiger partial charge in [-0.2, -0.15) is 0 Å². The molecule has 25 heavy (non-hydrogen) atoms. The number of amides is 1. The van der Waals surface area contributed by atoms with Crippen molar-refractivity contribution in [1.82, 2.24) is 5.32 Å². The topological polar surface area (TPSA) is 67.8 Å². The third-order valence-electron chi connectivity index (χ3n) is 5.00. The van der Waals surface area contributed by atoms with Crippen LogP contribution >= 0.6 is 0 Å². The number of nitrogens with one attached hydrogen (secondary N) is 1. The van der Waals surface area contributed by atoms with Gasteiger partial charge in [-0.25, -0.2) is 0 Å². The van der Waals surface area contributed by atoms with E-state index in [1.807, 2.05) is 30.3 Å². The summed E-state index contributed by atoms with van der Waals surface area (Å²) >= 11 is 0. The predicted octanol–water partition coefficient (Wildman–Crippen LogP) is 2.70. The van der Waals surface area contributed by atoms with Crippen LogP contribution in [0.3, 0.4) is 0 Å². The van der Waals surface area contributed by atoms with Crippen molar-refractivity contribution < 1.29 is 19.4 Å². The summed E-state index contributed by atoms with van der Waals surface area (Å²) in [5.41, 5.74) is 1.09. The van der Waals surface area contributed by atoms with Crippen molar-refractivity contribution in [2.45, 2.75) is 18.9 Å². The molecule has 1 amide bonds. The van der Waals surface area contributed by atoms with Crippen molar-refractivity contribution in [3.8, 4) is 11.5 Å². The molecule has 2 N–H and O–H groups in total. The van der Waals surface area contributed by atoms with E-state index in [-0.39, 0.29) is 11.3 Å². The van der Waals surface area contributed by atoms with E-state index in [1.165, 1.54) is 0 Å². The molecule has 0 radical (unpaired) electrons.